The lowest BCUT2D eigenvalue weighted by Gasteiger charge is -2.14. The third-order valence-electron chi connectivity index (χ3n) is 3.52. The van der Waals surface area contributed by atoms with Gasteiger partial charge in [-0.25, -0.2) is 4.98 Å². The summed E-state index contributed by atoms with van der Waals surface area (Å²) in [6.07, 6.45) is 5.81. The molecule has 0 saturated carbocycles. The van der Waals surface area contributed by atoms with Gasteiger partial charge in [-0.2, -0.15) is 8.78 Å². The molecule has 26 heavy (non-hydrogen) atoms. The fourth-order valence-electron chi connectivity index (χ4n) is 2.31. The standard InChI is InChI=1S/C18H14ClF2N3O2/c1-18(20,21)15-6-5-11(8-24-15)26-17-12(4-3-7-23-17)13-9-22-10-14(19)16(13)25-2/h3-10H,1-2H3. The predicted octanol–water partition coefficient (Wildman–Crippen LogP) is 5.10. The molecule has 0 N–H and O–H groups in total. The van der Waals surface area contributed by atoms with Crippen LogP contribution in [0.25, 0.3) is 11.1 Å². The van der Waals surface area contributed by atoms with Crippen LogP contribution in [0.5, 0.6) is 17.4 Å². The van der Waals surface area contributed by atoms with E-state index in [2.05, 4.69) is 15.0 Å². The molecule has 0 atom stereocenters. The van der Waals surface area contributed by atoms with Crippen LogP contribution in [0.2, 0.25) is 5.02 Å². The SMILES string of the molecule is COc1c(Cl)cncc1-c1cccnc1Oc1ccc(C(C)(F)F)nc1. The van der Waals surface area contributed by atoms with E-state index in [1.54, 1.807) is 24.5 Å². The molecular weight excluding hydrogens is 364 g/mol. The van der Waals surface area contributed by atoms with Gasteiger partial charge in [-0.3, -0.25) is 9.97 Å². The zero-order valence-electron chi connectivity index (χ0n) is 13.9. The van der Waals surface area contributed by atoms with E-state index in [-0.39, 0.29) is 17.3 Å². The summed E-state index contributed by atoms with van der Waals surface area (Å²) in [5, 5.41) is 0.344. The van der Waals surface area contributed by atoms with Gasteiger partial charge in [0.2, 0.25) is 5.88 Å². The normalized spacial score (nSPS) is 11.3. The van der Waals surface area contributed by atoms with Crippen LogP contribution in [0.15, 0.2) is 49.1 Å². The van der Waals surface area contributed by atoms with Crippen LogP contribution >= 0.6 is 11.6 Å². The Morgan fingerprint density at radius 2 is 1.85 bits per heavy atom. The number of methoxy groups -OCH3 is 1. The molecule has 3 rings (SSSR count). The molecule has 0 saturated heterocycles. The molecule has 0 aliphatic rings. The molecule has 0 spiro atoms. The average Bonchev–Trinajstić information content (AvgIpc) is 2.62. The Kier molecular flexibility index (Phi) is 4.99. The highest BCUT2D eigenvalue weighted by Gasteiger charge is 2.26. The summed E-state index contributed by atoms with van der Waals surface area (Å²) >= 11 is 6.12. The van der Waals surface area contributed by atoms with E-state index in [9.17, 15) is 8.78 Å². The molecule has 0 aliphatic heterocycles. The number of hydrogen-bond acceptors (Lipinski definition) is 5. The zero-order chi connectivity index (χ0) is 18.7. The Morgan fingerprint density at radius 3 is 2.50 bits per heavy atom. The predicted molar refractivity (Wildman–Crippen MR) is 92.9 cm³/mol. The lowest BCUT2D eigenvalue weighted by atomic mass is 10.1. The molecule has 0 amide bonds. The smallest absolute Gasteiger partial charge is 0.286 e. The van der Waals surface area contributed by atoms with Crippen molar-refractivity contribution >= 4 is 11.6 Å². The van der Waals surface area contributed by atoms with Crippen LogP contribution in [0, 0.1) is 0 Å². The fourth-order valence-corrected chi connectivity index (χ4v) is 2.55. The van der Waals surface area contributed by atoms with Crippen molar-refractivity contribution in [3.05, 3.63) is 59.8 Å². The second kappa shape index (κ2) is 7.21. The molecule has 0 radical (unpaired) electrons. The quantitative estimate of drug-likeness (QED) is 0.618. The highest BCUT2D eigenvalue weighted by Crippen LogP contribution is 2.39. The van der Waals surface area contributed by atoms with E-state index < -0.39 is 5.92 Å². The van der Waals surface area contributed by atoms with E-state index in [0.717, 1.165) is 6.92 Å². The van der Waals surface area contributed by atoms with E-state index >= 15 is 0 Å². The van der Waals surface area contributed by atoms with Gasteiger partial charge in [-0.05, 0) is 24.3 Å². The van der Waals surface area contributed by atoms with Crippen molar-refractivity contribution in [3.8, 4) is 28.5 Å². The first kappa shape index (κ1) is 18.0. The first-order valence-corrected chi connectivity index (χ1v) is 7.93. The number of pyridine rings is 3. The first-order chi connectivity index (χ1) is 12.4. The van der Waals surface area contributed by atoms with Gasteiger partial charge in [0.1, 0.15) is 22.2 Å². The van der Waals surface area contributed by atoms with Crippen molar-refractivity contribution in [1.82, 2.24) is 15.0 Å². The van der Waals surface area contributed by atoms with Crippen molar-refractivity contribution in [3.63, 3.8) is 0 Å². The molecule has 3 aromatic heterocycles. The third kappa shape index (κ3) is 3.72. The third-order valence-corrected chi connectivity index (χ3v) is 3.79. The number of alkyl halides is 2. The number of halogens is 3. The second-order valence-corrected chi connectivity index (χ2v) is 5.84. The van der Waals surface area contributed by atoms with Gasteiger partial charge < -0.3 is 9.47 Å². The molecular formula is C18H14ClF2N3O2. The second-order valence-electron chi connectivity index (χ2n) is 5.43. The minimum atomic E-state index is -3.02. The molecule has 8 heteroatoms. The van der Waals surface area contributed by atoms with Crippen LogP contribution in [0.3, 0.4) is 0 Å². The van der Waals surface area contributed by atoms with Gasteiger partial charge in [-0.15, -0.1) is 0 Å². The summed E-state index contributed by atoms with van der Waals surface area (Å²) in [5.74, 6) is -2.08. The summed E-state index contributed by atoms with van der Waals surface area (Å²) in [5.41, 5.74) is 0.837. The minimum Gasteiger partial charge on any atom is -0.494 e. The topological polar surface area (TPSA) is 57.1 Å². The summed E-state index contributed by atoms with van der Waals surface area (Å²) in [4.78, 5) is 12.0. The molecule has 3 aromatic rings. The molecule has 0 aromatic carbocycles. The number of hydrogen-bond donors (Lipinski definition) is 0. The van der Waals surface area contributed by atoms with Crippen LogP contribution in [0.4, 0.5) is 8.78 Å². The maximum absolute atomic E-state index is 13.3. The van der Waals surface area contributed by atoms with Gasteiger partial charge in [0.25, 0.3) is 5.92 Å². The highest BCUT2D eigenvalue weighted by atomic mass is 35.5. The lowest BCUT2D eigenvalue weighted by molar-refractivity contribution is 0.0127. The molecule has 0 aliphatic carbocycles. The zero-order valence-corrected chi connectivity index (χ0v) is 14.7. The molecule has 0 bridgehead atoms. The Labute approximate surface area is 153 Å². The summed E-state index contributed by atoms with van der Waals surface area (Å²) in [6.45, 7) is 0.783. The fraction of sp³-hybridized carbons (Fsp3) is 0.167. The molecule has 0 unspecified atom stereocenters. The van der Waals surface area contributed by atoms with E-state index in [1.807, 2.05) is 0 Å². The van der Waals surface area contributed by atoms with Gasteiger partial charge >= 0.3 is 0 Å². The maximum Gasteiger partial charge on any atom is 0.286 e. The Bertz CT molecular complexity index is 915. The number of ether oxygens (including phenoxy) is 2. The van der Waals surface area contributed by atoms with Crippen LogP contribution in [0.1, 0.15) is 12.6 Å². The number of nitrogens with zero attached hydrogens (tertiary/aromatic N) is 3. The minimum absolute atomic E-state index is 0.243. The maximum atomic E-state index is 13.3. The van der Waals surface area contributed by atoms with Crippen molar-refractivity contribution in [2.24, 2.45) is 0 Å². The monoisotopic (exact) mass is 377 g/mol. The molecule has 3 heterocycles. The Hall–Kier alpha value is -2.80. The molecule has 5 nitrogen and oxygen atoms in total. The van der Waals surface area contributed by atoms with Crippen LogP contribution < -0.4 is 9.47 Å². The summed E-state index contributed by atoms with van der Waals surface area (Å²) < 4.78 is 37.6. The van der Waals surface area contributed by atoms with Gasteiger partial charge in [0.15, 0.2) is 0 Å². The number of aromatic nitrogens is 3. The number of rotatable bonds is 5. The van der Waals surface area contributed by atoms with Gasteiger partial charge in [0.05, 0.1) is 13.3 Å². The molecule has 0 fully saturated rings. The van der Waals surface area contributed by atoms with Gasteiger partial charge in [-0.1, -0.05) is 11.6 Å². The van der Waals surface area contributed by atoms with Crippen molar-refractivity contribution in [2.45, 2.75) is 12.8 Å². The molecule has 134 valence electrons. The van der Waals surface area contributed by atoms with Gasteiger partial charge in [0, 0.05) is 36.6 Å². The van der Waals surface area contributed by atoms with E-state index in [1.165, 1.54) is 31.6 Å². The van der Waals surface area contributed by atoms with E-state index in [0.29, 0.717) is 21.9 Å². The Balaban J connectivity index is 1.97. The summed E-state index contributed by atoms with van der Waals surface area (Å²) in [7, 11) is 1.50. The summed E-state index contributed by atoms with van der Waals surface area (Å²) in [6, 6.07) is 6.10. The average molecular weight is 378 g/mol. The van der Waals surface area contributed by atoms with Crippen molar-refractivity contribution < 1.29 is 18.3 Å². The van der Waals surface area contributed by atoms with Crippen molar-refractivity contribution in [1.29, 1.82) is 0 Å². The first-order valence-electron chi connectivity index (χ1n) is 7.55. The lowest BCUT2D eigenvalue weighted by Crippen LogP contribution is -2.09. The Morgan fingerprint density at radius 1 is 1.04 bits per heavy atom. The van der Waals surface area contributed by atoms with E-state index in [4.69, 9.17) is 21.1 Å². The van der Waals surface area contributed by atoms with Crippen LogP contribution in [-0.4, -0.2) is 22.1 Å². The largest absolute Gasteiger partial charge is 0.494 e. The highest BCUT2D eigenvalue weighted by molar-refractivity contribution is 6.32. The van der Waals surface area contributed by atoms with Crippen molar-refractivity contribution in [2.75, 3.05) is 7.11 Å². The van der Waals surface area contributed by atoms with Crippen LogP contribution in [-0.2, 0) is 5.92 Å².